The van der Waals surface area contributed by atoms with Crippen LogP contribution in [0.3, 0.4) is 0 Å². The summed E-state index contributed by atoms with van der Waals surface area (Å²) >= 11 is 0. The Hall–Kier alpha value is -0.340. The zero-order valence-electron chi connectivity index (χ0n) is 11.0. The maximum absolute atomic E-state index is 3.40. The standard InChI is InChI=1S/C14H26N2/c1-14(2)8-4-5-11(10-14)9-13(16-15-3)12-6-7-12/h6,11,13,15-16H,4-5,7-10H2,1-3H3. The third-order valence-electron chi connectivity index (χ3n) is 4.08. The van der Waals surface area contributed by atoms with Gasteiger partial charge in [0.2, 0.25) is 0 Å². The highest BCUT2D eigenvalue weighted by Crippen LogP contribution is 2.41. The van der Waals surface area contributed by atoms with E-state index in [2.05, 4.69) is 30.8 Å². The van der Waals surface area contributed by atoms with Gasteiger partial charge in [-0.1, -0.05) is 38.3 Å². The highest BCUT2D eigenvalue weighted by atomic mass is 15.3. The van der Waals surface area contributed by atoms with E-state index in [0.717, 1.165) is 5.92 Å². The second-order valence-electron chi connectivity index (χ2n) is 6.29. The Kier molecular flexibility index (Phi) is 3.70. The molecule has 2 unspecified atom stereocenters. The number of nitrogens with one attached hydrogen (secondary N) is 2. The van der Waals surface area contributed by atoms with Crippen LogP contribution in [0.2, 0.25) is 0 Å². The van der Waals surface area contributed by atoms with E-state index >= 15 is 0 Å². The second-order valence-corrected chi connectivity index (χ2v) is 6.29. The first-order chi connectivity index (χ1) is 7.61. The van der Waals surface area contributed by atoms with E-state index < -0.39 is 0 Å². The van der Waals surface area contributed by atoms with Crippen LogP contribution in [0.25, 0.3) is 0 Å². The molecule has 0 radical (unpaired) electrons. The van der Waals surface area contributed by atoms with Crippen LogP contribution in [0, 0.1) is 11.3 Å². The summed E-state index contributed by atoms with van der Waals surface area (Å²) in [5, 5.41) is 0. The van der Waals surface area contributed by atoms with Gasteiger partial charge in [-0.15, -0.1) is 0 Å². The van der Waals surface area contributed by atoms with Gasteiger partial charge in [0.1, 0.15) is 0 Å². The van der Waals surface area contributed by atoms with Crippen molar-refractivity contribution in [1.29, 1.82) is 0 Å². The van der Waals surface area contributed by atoms with Crippen LogP contribution < -0.4 is 10.9 Å². The Balaban J connectivity index is 1.85. The minimum atomic E-state index is 0.574. The molecule has 0 heterocycles. The molecule has 0 aromatic rings. The van der Waals surface area contributed by atoms with Crippen molar-refractivity contribution < 1.29 is 0 Å². The lowest BCUT2D eigenvalue weighted by atomic mass is 9.70. The van der Waals surface area contributed by atoms with Gasteiger partial charge in [-0.2, -0.15) is 0 Å². The summed E-state index contributed by atoms with van der Waals surface area (Å²) in [4.78, 5) is 0. The lowest BCUT2D eigenvalue weighted by molar-refractivity contribution is 0.165. The van der Waals surface area contributed by atoms with E-state index in [9.17, 15) is 0 Å². The Labute approximate surface area is 99.9 Å². The van der Waals surface area contributed by atoms with Crippen LogP contribution in [-0.4, -0.2) is 13.1 Å². The topological polar surface area (TPSA) is 24.1 Å². The molecule has 2 N–H and O–H groups in total. The van der Waals surface area contributed by atoms with E-state index in [0.29, 0.717) is 11.5 Å². The van der Waals surface area contributed by atoms with Gasteiger partial charge in [0.25, 0.3) is 0 Å². The van der Waals surface area contributed by atoms with Crippen molar-refractivity contribution in [1.82, 2.24) is 10.9 Å². The van der Waals surface area contributed by atoms with Gasteiger partial charge >= 0.3 is 0 Å². The lowest BCUT2D eigenvalue weighted by Gasteiger charge is -2.36. The summed E-state index contributed by atoms with van der Waals surface area (Å²) in [6.45, 7) is 4.85. The summed E-state index contributed by atoms with van der Waals surface area (Å²) in [7, 11) is 1.97. The normalized spacial score (nSPS) is 29.7. The van der Waals surface area contributed by atoms with Gasteiger partial charge in [0.15, 0.2) is 0 Å². The predicted octanol–water partition coefficient (Wildman–Crippen LogP) is 3.02. The molecular weight excluding hydrogens is 196 g/mol. The molecule has 2 atom stereocenters. The fourth-order valence-corrected chi connectivity index (χ4v) is 3.21. The minimum Gasteiger partial charge on any atom is -0.260 e. The molecule has 16 heavy (non-hydrogen) atoms. The molecular formula is C14H26N2. The first kappa shape index (κ1) is 12.1. The van der Waals surface area contributed by atoms with Crippen LogP contribution in [0.1, 0.15) is 52.4 Å². The van der Waals surface area contributed by atoms with Crippen molar-refractivity contribution >= 4 is 0 Å². The maximum atomic E-state index is 3.40. The monoisotopic (exact) mass is 222 g/mol. The van der Waals surface area contributed by atoms with Crippen LogP contribution in [0.5, 0.6) is 0 Å². The molecule has 0 aliphatic heterocycles. The number of hydrogen-bond acceptors (Lipinski definition) is 2. The van der Waals surface area contributed by atoms with Crippen molar-refractivity contribution in [2.75, 3.05) is 7.05 Å². The summed E-state index contributed by atoms with van der Waals surface area (Å²) in [6, 6.07) is 0.587. The van der Waals surface area contributed by atoms with Gasteiger partial charge in [-0.25, -0.2) is 0 Å². The number of allylic oxidation sites excluding steroid dienone is 1. The molecule has 0 amide bonds. The van der Waals surface area contributed by atoms with Crippen LogP contribution in [0.15, 0.2) is 11.6 Å². The molecule has 1 fully saturated rings. The molecule has 2 nitrogen and oxygen atoms in total. The molecule has 0 spiro atoms. The molecule has 2 heteroatoms. The average molecular weight is 222 g/mol. The lowest BCUT2D eigenvalue weighted by Crippen LogP contribution is -2.40. The molecule has 1 saturated carbocycles. The van der Waals surface area contributed by atoms with Crippen LogP contribution in [-0.2, 0) is 0 Å². The fourth-order valence-electron chi connectivity index (χ4n) is 3.21. The summed E-state index contributed by atoms with van der Waals surface area (Å²) < 4.78 is 0. The van der Waals surface area contributed by atoms with Crippen molar-refractivity contribution in [3.05, 3.63) is 11.6 Å². The molecule has 0 bridgehead atoms. The molecule has 2 rings (SSSR count). The van der Waals surface area contributed by atoms with E-state index in [4.69, 9.17) is 0 Å². The summed E-state index contributed by atoms with van der Waals surface area (Å²) in [5.74, 6) is 0.913. The quantitative estimate of drug-likeness (QED) is 0.552. The second kappa shape index (κ2) is 4.89. The van der Waals surface area contributed by atoms with Crippen LogP contribution >= 0.6 is 0 Å². The molecule has 2 aliphatic carbocycles. The predicted molar refractivity (Wildman–Crippen MR) is 69.0 cm³/mol. The Morgan fingerprint density at radius 3 is 2.81 bits per heavy atom. The van der Waals surface area contributed by atoms with Crippen molar-refractivity contribution in [3.8, 4) is 0 Å². The van der Waals surface area contributed by atoms with Gasteiger partial charge in [0, 0.05) is 6.04 Å². The number of hydrogen-bond donors (Lipinski definition) is 2. The van der Waals surface area contributed by atoms with Gasteiger partial charge < -0.3 is 0 Å². The maximum Gasteiger partial charge on any atom is 0.0427 e. The summed E-state index contributed by atoms with van der Waals surface area (Å²) in [6.07, 6.45) is 10.6. The zero-order valence-corrected chi connectivity index (χ0v) is 11.0. The van der Waals surface area contributed by atoms with Crippen molar-refractivity contribution in [2.45, 2.75) is 58.4 Å². The summed E-state index contributed by atoms with van der Waals surface area (Å²) in [5.41, 5.74) is 8.69. The first-order valence-corrected chi connectivity index (χ1v) is 6.72. The first-order valence-electron chi connectivity index (χ1n) is 6.72. The number of rotatable bonds is 5. The van der Waals surface area contributed by atoms with E-state index in [1.807, 2.05) is 7.05 Å². The fraction of sp³-hybridized carbons (Fsp3) is 0.857. The molecule has 0 saturated heterocycles. The van der Waals surface area contributed by atoms with Crippen LogP contribution in [0.4, 0.5) is 0 Å². The highest BCUT2D eigenvalue weighted by molar-refractivity contribution is 5.27. The third kappa shape index (κ3) is 3.33. The van der Waals surface area contributed by atoms with E-state index in [1.165, 1.54) is 38.5 Å². The van der Waals surface area contributed by atoms with Crippen molar-refractivity contribution in [3.63, 3.8) is 0 Å². The molecule has 0 aromatic carbocycles. The van der Waals surface area contributed by atoms with E-state index in [-0.39, 0.29) is 0 Å². The van der Waals surface area contributed by atoms with Gasteiger partial charge in [-0.05, 0) is 44.1 Å². The smallest absolute Gasteiger partial charge is 0.0427 e. The van der Waals surface area contributed by atoms with E-state index in [1.54, 1.807) is 5.57 Å². The van der Waals surface area contributed by atoms with Gasteiger partial charge in [-0.3, -0.25) is 10.9 Å². The molecule has 2 aliphatic rings. The molecule has 0 aromatic heterocycles. The minimum absolute atomic E-state index is 0.574. The Morgan fingerprint density at radius 1 is 1.50 bits per heavy atom. The number of hydrazine groups is 1. The molecule has 92 valence electrons. The zero-order chi connectivity index (χ0) is 11.6. The largest absolute Gasteiger partial charge is 0.260 e. The third-order valence-corrected chi connectivity index (χ3v) is 4.08. The average Bonchev–Trinajstić information content (AvgIpc) is 2.98. The van der Waals surface area contributed by atoms with Crippen molar-refractivity contribution in [2.24, 2.45) is 11.3 Å². The SMILES string of the molecule is CNNC(CC1CCCC(C)(C)C1)C1=CC1. The Bertz CT molecular complexity index is 268. The van der Waals surface area contributed by atoms with Gasteiger partial charge in [0.05, 0.1) is 0 Å². The highest BCUT2D eigenvalue weighted by Gasteiger charge is 2.31. The Morgan fingerprint density at radius 2 is 2.25 bits per heavy atom.